The summed E-state index contributed by atoms with van der Waals surface area (Å²) in [5.41, 5.74) is 4.62. The van der Waals surface area contributed by atoms with Crippen molar-refractivity contribution >= 4 is 54.0 Å². The van der Waals surface area contributed by atoms with E-state index in [1.807, 2.05) is 42.0 Å². The minimum Gasteiger partial charge on any atom is -0.361 e. The third-order valence-corrected chi connectivity index (χ3v) is 10.9. The zero-order valence-corrected chi connectivity index (χ0v) is 29.3. The number of hydrogen-bond acceptors (Lipinski definition) is 9. The van der Waals surface area contributed by atoms with E-state index in [0.717, 1.165) is 40.7 Å². The second-order valence-corrected chi connectivity index (χ2v) is 15.5. The van der Waals surface area contributed by atoms with Crippen LogP contribution in [-0.4, -0.2) is 55.5 Å². The Balaban J connectivity index is 1.43. The van der Waals surface area contributed by atoms with Gasteiger partial charge in [0.05, 0.1) is 33.9 Å². The molecule has 1 atom stereocenters. The summed E-state index contributed by atoms with van der Waals surface area (Å²) in [6.45, 7) is 3.71. The van der Waals surface area contributed by atoms with Gasteiger partial charge in [0.2, 0.25) is 5.91 Å². The Morgan fingerprint density at radius 1 is 1.04 bits per heavy atom. The first kappa shape index (κ1) is 32.9. The molecule has 0 bridgehead atoms. The first-order valence-electron chi connectivity index (χ1n) is 15.4. The summed E-state index contributed by atoms with van der Waals surface area (Å²) in [4.78, 5) is 29.8. The third-order valence-electron chi connectivity index (χ3n) is 8.72. The van der Waals surface area contributed by atoms with Gasteiger partial charge >= 0.3 is 0 Å². The van der Waals surface area contributed by atoms with Crippen molar-refractivity contribution in [2.45, 2.75) is 50.4 Å². The number of benzene rings is 2. The molecule has 0 N–H and O–H groups in total. The number of nitrogens with zero attached hydrogens (tertiary/aromatic N) is 6. The molecule has 1 amide bonds. The number of pyridine rings is 1. The molecule has 1 aliphatic rings. The molecule has 4 aromatic heterocycles. The Morgan fingerprint density at radius 2 is 1.84 bits per heavy atom. The molecule has 0 saturated carbocycles. The van der Waals surface area contributed by atoms with Crippen molar-refractivity contribution in [3.05, 3.63) is 94.7 Å². The van der Waals surface area contributed by atoms with Crippen LogP contribution < -0.4 is 4.90 Å². The number of carbonyl (C=O) groups excluding carboxylic acids is 1. The van der Waals surface area contributed by atoms with Crippen molar-refractivity contribution in [2.75, 3.05) is 11.2 Å². The molecule has 1 saturated heterocycles. The first-order chi connectivity index (χ1) is 23.4. The van der Waals surface area contributed by atoms with Crippen LogP contribution in [-0.2, 0) is 25.9 Å². The smallest absolute Gasteiger partial charge is 0.227 e. The van der Waals surface area contributed by atoms with Crippen molar-refractivity contribution in [2.24, 2.45) is 0 Å². The zero-order valence-electron chi connectivity index (χ0n) is 26.7. The van der Waals surface area contributed by atoms with Crippen LogP contribution in [0.2, 0.25) is 6.04 Å². The Bertz CT molecular complexity index is 2340. The molecule has 2 aromatic carbocycles. The maximum Gasteiger partial charge on any atom is 0.227 e. The number of hydrogen-bond donors (Lipinski definition) is 0. The van der Waals surface area contributed by atoms with Gasteiger partial charge in [-0.25, -0.2) is 27.2 Å². The number of amides is 1. The molecule has 3 radical (unpaired) electrons. The van der Waals surface area contributed by atoms with Crippen molar-refractivity contribution in [1.82, 2.24) is 24.7 Å². The number of aryl methyl sites for hydroxylation is 2. The van der Waals surface area contributed by atoms with E-state index >= 15 is 0 Å². The Labute approximate surface area is 288 Å². The topological polar surface area (TPSA) is 124 Å². The first-order valence-corrected chi connectivity index (χ1v) is 19.0. The molecule has 10 nitrogen and oxygen atoms in total. The normalized spacial score (nSPS) is 16.9. The van der Waals surface area contributed by atoms with Crippen molar-refractivity contribution < 1.29 is 26.5 Å². The number of piperidine rings is 1. The lowest BCUT2D eigenvalue weighted by Crippen LogP contribution is -2.54. The molecular formula is C34H29F2N6O4S2Si. The lowest BCUT2D eigenvalue weighted by molar-refractivity contribution is -0.121. The predicted molar refractivity (Wildman–Crippen MR) is 183 cm³/mol. The number of fused-ring (bicyclic) bond motifs is 1. The predicted octanol–water partition coefficient (Wildman–Crippen LogP) is 6.64. The molecule has 49 heavy (non-hydrogen) atoms. The average molecular weight is 716 g/mol. The van der Waals surface area contributed by atoms with Crippen LogP contribution in [0.25, 0.3) is 38.5 Å². The summed E-state index contributed by atoms with van der Waals surface area (Å²) in [5.74, 6) is -1.32. The zero-order chi connectivity index (χ0) is 34.7. The fourth-order valence-corrected chi connectivity index (χ4v) is 8.58. The largest absolute Gasteiger partial charge is 0.361 e. The van der Waals surface area contributed by atoms with Crippen molar-refractivity contribution in [1.29, 1.82) is 0 Å². The summed E-state index contributed by atoms with van der Waals surface area (Å²) in [7, 11) is 0.515. The van der Waals surface area contributed by atoms with E-state index < -0.39 is 27.0 Å². The second kappa shape index (κ2) is 12.4. The molecule has 15 heteroatoms. The number of imidazole rings is 1. The maximum absolute atomic E-state index is 14.6. The maximum atomic E-state index is 14.6. The standard InChI is InChI=1S/C34H29F2N6O4S2Si/c1-19-31(20(2)46-40-19)21-7-11-29-27(13-21)38-32(34(18-49)12-4-5-30(43)42(34)24-9-10-25(35)26(36)14-24)41(29)33-39-28(16-47-33)22-6-8-23(37-15-22)17-48(3,44)45/h6-11,13-16H,4-5,12,17-18H2,1-3H3/t34-/m1/s1. The fourth-order valence-electron chi connectivity index (χ4n) is 6.53. The van der Waals surface area contributed by atoms with Gasteiger partial charge in [0.25, 0.3) is 0 Å². The number of thiazole rings is 1. The van der Waals surface area contributed by atoms with Gasteiger partial charge in [-0.15, -0.1) is 11.3 Å². The third kappa shape index (κ3) is 5.89. The number of aromatic nitrogens is 5. The summed E-state index contributed by atoms with van der Waals surface area (Å²) in [6.07, 6.45) is 4.00. The highest BCUT2D eigenvalue weighted by molar-refractivity contribution is 7.89. The molecule has 0 spiro atoms. The van der Waals surface area contributed by atoms with Gasteiger partial charge in [-0.05, 0) is 74.7 Å². The molecule has 6 aromatic rings. The van der Waals surface area contributed by atoms with E-state index in [-0.39, 0.29) is 29.8 Å². The summed E-state index contributed by atoms with van der Waals surface area (Å²) in [5, 5.41) is 6.54. The molecule has 0 aliphatic carbocycles. The van der Waals surface area contributed by atoms with Crippen LogP contribution in [0.4, 0.5) is 14.5 Å². The van der Waals surface area contributed by atoms with Crippen molar-refractivity contribution in [3.63, 3.8) is 0 Å². The van der Waals surface area contributed by atoms with E-state index in [0.29, 0.717) is 52.0 Å². The summed E-state index contributed by atoms with van der Waals surface area (Å²) < 4.78 is 59.6. The summed E-state index contributed by atoms with van der Waals surface area (Å²) in [6, 6.07) is 13.0. The minimum absolute atomic E-state index is 0.169. The quantitative estimate of drug-likeness (QED) is 0.161. The molecule has 5 heterocycles. The van der Waals surface area contributed by atoms with Crippen LogP contribution >= 0.6 is 11.3 Å². The Kier molecular flexibility index (Phi) is 8.31. The van der Waals surface area contributed by atoms with Gasteiger partial charge < -0.3 is 4.52 Å². The number of halogens is 2. The number of carbonyl (C=O) groups is 1. The van der Waals surface area contributed by atoms with E-state index in [4.69, 9.17) is 14.5 Å². The van der Waals surface area contributed by atoms with Gasteiger partial charge in [-0.1, -0.05) is 11.2 Å². The number of rotatable bonds is 8. The average Bonchev–Trinajstić information content (AvgIpc) is 3.78. The molecule has 1 fully saturated rings. The monoisotopic (exact) mass is 715 g/mol. The molecule has 1 aliphatic heterocycles. The van der Waals surface area contributed by atoms with Crippen LogP contribution in [0, 0.1) is 25.5 Å². The fraction of sp³-hybridized carbons (Fsp3) is 0.265. The lowest BCUT2D eigenvalue weighted by Gasteiger charge is -2.46. The molecule has 0 unspecified atom stereocenters. The Hall–Kier alpha value is -4.60. The summed E-state index contributed by atoms with van der Waals surface area (Å²) >= 11 is 1.36. The van der Waals surface area contributed by atoms with Gasteiger partial charge in [-0.2, -0.15) is 0 Å². The van der Waals surface area contributed by atoms with E-state index in [9.17, 15) is 22.0 Å². The van der Waals surface area contributed by atoms with Crippen LogP contribution in [0.5, 0.6) is 0 Å². The van der Waals surface area contributed by atoms with Gasteiger partial charge in [0, 0.05) is 57.4 Å². The van der Waals surface area contributed by atoms with Gasteiger partial charge in [0.1, 0.15) is 17.1 Å². The highest BCUT2D eigenvalue weighted by atomic mass is 32.2. The highest BCUT2D eigenvalue weighted by Gasteiger charge is 2.47. The van der Waals surface area contributed by atoms with Crippen LogP contribution in [0.1, 0.15) is 42.2 Å². The second-order valence-electron chi connectivity index (χ2n) is 12.2. The SMILES string of the molecule is Cc1noc(C)c1-c1ccc2c(c1)nc([C@]1(C[Si])CCCC(=O)N1c1ccc(F)c(F)c1)n2-c1nc(-c2ccc(CS(C)(=O)=O)nc2)cs1. The number of sulfone groups is 1. The lowest BCUT2D eigenvalue weighted by atomic mass is 9.86. The van der Waals surface area contributed by atoms with E-state index in [1.165, 1.54) is 22.3 Å². The molecule has 249 valence electrons. The highest BCUT2D eigenvalue weighted by Crippen LogP contribution is 2.46. The number of anilines is 1. The van der Waals surface area contributed by atoms with Crippen LogP contribution in [0.3, 0.4) is 0 Å². The van der Waals surface area contributed by atoms with Gasteiger partial charge in [0.15, 0.2) is 26.6 Å². The van der Waals surface area contributed by atoms with E-state index in [1.54, 1.807) is 18.3 Å². The van der Waals surface area contributed by atoms with Crippen molar-refractivity contribution in [3.8, 4) is 27.5 Å². The molecular weight excluding hydrogens is 687 g/mol. The van der Waals surface area contributed by atoms with E-state index in [2.05, 4.69) is 20.4 Å². The Morgan fingerprint density at radius 3 is 2.51 bits per heavy atom. The molecule has 7 rings (SSSR count). The van der Waals surface area contributed by atoms with Crippen LogP contribution in [0.15, 0.2) is 64.6 Å². The minimum atomic E-state index is -3.25. The van der Waals surface area contributed by atoms with Gasteiger partial charge in [-0.3, -0.25) is 19.2 Å².